The standard InChI is InChI=1S/C24H33ClN2O6S2/c1-18(2)15-27(16-19-5-7-20(25)8-6-19)35(30,31)22-11-9-21(10-12-22)33-23-13-14-26(34(4,28)29)17-24(23)32-3/h5-12,18,23-24H,13-17H2,1-4H3/t23-,24-/m0/s1. The minimum Gasteiger partial charge on any atom is -0.488 e. The number of hydrogen-bond acceptors (Lipinski definition) is 6. The van der Waals surface area contributed by atoms with E-state index in [1.807, 2.05) is 26.0 Å². The van der Waals surface area contributed by atoms with Crippen molar-refractivity contribution >= 4 is 31.6 Å². The van der Waals surface area contributed by atoms with Crippen LogP contribution in [0.3, 0.4) is 0 Å². The van der Waals surface area contributed by atoms with Gasteiger partial charge in [0.25, 0.3) is 0 Å². The Morgan fingerprint density at radius 3 is 2.20 bits per heavy atom. The minimum atomic E-state index is -3.75. The average molecular weight is 545 g/mol. The highest BCUT2D eigenvalue weighted by Gasteiger charge is 2.34. The molecule has 0 N–H and O–H groups in total. The molecule has 0 bridgehead atoms. The molecule has 1 aliphatic heterocycles. The lowest BCUT2D eigenvalue weighted by molar-refractivity contribution is -0.0319. The third kappa shape index (κ3) is 7.41. The van der Waals surface area contributed by atoms with Crippen molar-refractivity contribution in [3.63, 3.8) is 0 Å². The lowest BCUT2D eigenvalue weighted by Crippen LogP contribution is -2.51. The molecule has 3 rings (SSSR count). The number of ether oxygens (including phenoxy) is 2. The van der Waals surface area contributed by atoms with E-state index >= 15 is 0 Å². The largest absolute Gasteiger partial charge is 0.488 e. The van der Waals surface area contributed by atoms with Crippen molar-refractivity contribution in [2.24, 2.45) is 5.92 Å². The Hall–Kier alpha value is -1.69. The molecule has 0 saturated carbocycles. The van der Waals surface area contributed by atoms with Gasteiger partial charge in [-0.3, -0.25) is 0 Å². The SMILES string of the molecule is CO[C@H]1CN(S(C)(=O)=O)CC[C@@H]1Oc1ccc(S(=O)(=O)N(Cc2ccc(Cl)cc2)CC(C)C)cc1. The van der Waals surface area contributed by atoms with E-state index in [2.05, 4.69) is 0 Å². The molecular formula is C24H33ClN2O6S2. The van der Waals surface area contributed by atoms with E-state index in [0.29, 0.717) is 30.3 Å². The summed E-state index contributed by atoms with van der Waals surface area (Å²) in [5.74, 6) is 0.639. The number of methoxy groups -OCH3 is 1. The van der Waals surface area contributed by atoms with Crippen LogP contribution in [0.15, 0.2) is 53.4 Å². The molecule has 0 aromatic heterocycles. The summed E-state index contributed by atoms with van der Waals surface area (Å²) in [4.78, 5) is 0.176. The van der Waals surface area contributed by atoms with Gasteiger partial charge in [-0.2, -0.15) is 8.61 Å². The van der Waals surface area contributed by atoms with Crippen molar-refractivity contribution in [3.8, 4) is 5.75 Å². The zero-order valence-electron chi connectivity index (χ0n) is 20.4. The Bertz CT molecular complexity index is 1190. The molecule has 0 unspecified atom stereocenters. The lowest BCUT2D eigenvalue weighted by atomic mass is 10.1. The normalized spacial score (nSPS) is 19.9. The number of rotatable bonds is 10. The molecule has 2 atom stereocenters. The molecule has 0 amide bonds. The second-order valence-corrected chi connectivity index (χ2v) is 13.5. The molecule has 1 heterocycles. The van der Waals surface area contributed by atoms with Gasteiger partial charge in [-0.05, 0) is 47.9 Å². The highest BCUT2D eigenvalue weighted by molar-refractivity contribution is 7.89. The van der Waals surface area contributed by atoms with E-state index in [-0.39, 0.29) is 30.0 Å². The van der Waals surface area contributed by atoms with Crippen LogP contribution in [0.2, 0.25) is 5.02 Å². The summed E-state index contributed by atoms with van der Waals surface area (Å²) in [6, 6.07) is 13.5. The van der Waals surface area contributed by atoms with Gasteiger partial charge in [0.15, 0.2) is 0 Å². The fraction of sp³-hybridized carbons (Fsp3) is 0.500. The Kier molecular flexibility index (Phi) is 9.22. The van der Waals surface area contributed by atoms with Gasteiger partial charge in [-0.15, -0.1) is 0 Å². The van der Waals surface area contributed by atoms with Crippen LogP contribution in [-0.2, 0) is 31.3 Å². The van der Waals surface area contributed by atoms with Crippen LogP contribution in [0.4, 0.5) is 0 Å². The first-order valence-electron chi connectivity index (χ1n) is 11.4. The van der Waals surface area contributed by atoms with E-state index in [9.17, 15) is 16.8 Å². The second-order valence-electron chi connectivity index (χ2n) is 9.13. The molecule has 2 aromatic carbocycles. The quantitative estimate of drug-likeness (QED) is 0.453. The molecular weight excluding hydrogens is 512 g/mol. The summed E-state index contributed by atoms with van der Waals surface area (Å²) in [5, 5.41) is 0.598. The van der Waals surface area contributed by atoms with Gasteiger partial charge in [0.2, 0.25) is 20.0 Å². The predicted molar refractivity (Wildman–Crippen MR) is 137 cm³/mol. The number of piperidine rings is 1. The third-order valence-corrected chi connectivity index (χ3v) is 9.17. The monoisotopic (exact) mass is 544 g/mol. The van der Waals surface area contributed by atoms with E-state index in [1.54, 1.807) is 24.3 Å². The molecule has 1 saturated heterocycles. The van der Waals surface area contributed by atoms with E-state index < -0.39 is 26.2 Å². The van der Waals surface area contributed by atoms with Crippen molar-refractivity contribution in [2.45, 2.75) is 43.9 Å². The van der Waals surface area contributed by atoms with Crippen LogP contribution in [0.5, 0.6) is 5.75 Å². The number of benzene rings is 2. The summed E-state index contributed by atoms with van der Waals surface area (Å²) in [6.07, 6.45) is 0.871. The minimum absolute atomic E-state index is 0.142. The number of nitrogens with zero attached hydrogens (tertiary/aromatic N) is 2. The molecule has 11 heteroatoms. The zero-order valence-corrected chi connectivity index (χ0v) is 22.8. The van der Waals surface area contributed by atoms with Crippen molar-refractivity contribution in [1.29, 1.82) is 0 Å². The van der Waals surface area contributed by atoms with Gasteiger partial charge in [0, 0.05) is 44.7 Å². The first-order chi connectivity index (χ1) is 16.4. The predicted octanol–water partition coefficient (Wildman–Crippen LogP) is 3.61. The maximum absolute atomic E-state index is 13.4. The average Bonchev–Trinajstić information content (AvgIpc) is 2.79. The molecule has 0 spiro atoms. The van der Waals surface area contributed by atoms with Crippen LogP contribution in [-0.4, -0.2) is 70.7 Å². The second kappa shape index (κ2) is 11.6. The highest BCUT2D eigenvalue weighted by Crippen LogP contribution is 2.26. The van der Waals surface area contributed by atoms with Gasteiger partial charge in [-0.1, -0.05) is 37.6 Å². The molecule has 0 radical (unpaired) electrons. The smallest absolute Gasteiger partial charge is 0.243 e. The Morgan fingerprint density at radius 1 is 1.03 bits per heavy atom. The van der Waals surface area contributed by atoms with Gasteiger partial charge >= 0.3 is 0 Å². The maximum Gasteiger partial charge on any atom is 0.243 e. The van der Waals surface area contributed by atoms with Crippen molar-refractivity contribution in [2.75, 3.05) is 33.0 Å². The molecule has 0 aliphatic carbocycles. The molecule has 2 aromatic rings. The number of sulfonamides is 2. The van der Waals surface area contributed by atoms with Crippen LogP contribution < -0.4 is 4.74 Å². The summed E-state index contributed by atoms with van der Waals surface area (Å²) in [7, 11) is -5.54. The molecule has 194 valence electrons. The fourth-order valence-electron chi connectivity index (χ4n) is 3.99. The van der Waals surface area contributed by atoms with E-state index in [4.69, 9.17) is 21.1 Å². The third-order valence-electron chi connectivity index (χ3n) is 5.82. The summed E-state index contributed by atoms with van der Waals surface area (Å²) in [5.41, 5.74) is 0.852. The molecule has 35 heavy (non-hydrogen) atoms. The van der Waals surface area contributed by atoms with Gasteiger partial charge in [-0.25, -0.2) is 16.8 Å². The van der Waals surface area contributed by atoms with E-state index in [1.165, 1.54) is 34.1 Å². The highest BCUT2D eigenvalue weighted by atomic mass is 35.5. The topological polar surface area (TPSA) is 93.2 Å². The van der Waals surface area contributed by atoms with Gasteiger partial charge in [0.05, 0.1) is 11.2 Å². The molecule has 8 nitrogen and oxygen atoms in total. The Balaban J connectivity index is 1.74. The summed E-state index contributed by atoms with van der Waals surface area (Å²) in [6.45, 7) is 5.11. The summed E-state index contributed by atoms with van der Waals surface area (Å²) < 4.78 is 65.0. The molecule has 1 fully saturated rings. The number of hydrogen-bond donors (Lipinski definition) is 0. The first kappa shape index (κ1) is 27.9. The lowest BCUT2D eigenvalue weighted by Gasteiger charge is -2.36. The van der Waals surface area contributed by atoms with Crippen LogP contribution in [0.25, 0.3) is 0 Å². The molecule has 1 aliphatic rings. The van der Waals surface area contributed by atoms with Crippen LogP contribution in [0, 0.1) is 5.92 Å². The first-order valence-corrected chi connectivity index (χ1v) is 15.1. The van der Waals surface area contributed by atoms with Crippen molar-refractivity contribution in [3.05, 3.63) is 59.1 Å². The van der Waals surface area contributed by atoms with Crippen molar-refractivity contribution in [1.82, 2.24) is 8.61 Å². The van der Waals surface area contributed by atoms with Gasteiger partial charge in [0.1, 0.15) is 18.0 Å². The summed E-state index contributed by atoms with van der Waals surface area (Å²) >= 11 is 5.97. The maximum atomic E-state index is 13.4. The Labute approximate surface area is 213 Å². The van der Waals surface area contributed by atoms with Gasteiger partial charge < -0.3 is 9.47 Å². The van der Waals surface area contributed by atoms with Crippen molar-refractivity contribution < 1.29 is 26.3 Å². The zero-order chi connectivity index (χ0) is 25.8. The Morgan fingerprint density at radius 2 is 1.66 bits per heavy atom. The van der Waals surface area contributed by atoms with E-state index in [0.717, 1.165) is 5.56 Å². The van der Waals surface area contributed by atoms with Crippen LogP contribution >= 0.6 is 11.6 Å². The fourth-order valence-corrected chi connectivity index (χ4v) is 6.56. The van der Waals surface area contributed by atoms with Crippen LogP contribution in [0.1, 0.15) is 25.8 Å². The number of halogens is 1.